The number of nitrogens with zero attached hydrogens (tertiary/aromatic N) is 2. The summed E-state index contributed by atoms with van der Waals surface area (Å²) in [6.45, 7) is 4.85. The Hall–Kier alpha value is -2.62. The summed E-state index contributed by atoms with van der Waals surface area (Å²) in [5.74, 6) is -0.231. The normalized spacial score (nSPS) is 10.6. The highest BCUT2D eigenvalue weighted by molar-refractivity contribution is 7.19. The molecule has 2 amide bonds. The van der Waals surface area contributed by atoms with Crippen LogP contribution in [-0.2, 0) is 9.59 Å². The summed E-state index contributed by atoms with van der Waals surface area (Å²) in [7, 11) is 0. The van der Waals surface area contributed by atoms with Crippen molar-refractivity contribution in [1.82, 2.24) is 9.97 Å². The average molecular weight is 388 g/mol. The molecule has 3 rings (SSSR count). The number of hydrogen-bond donors (Lipinski definition) is 3. The monoisotopic (exact) mass is 388 g/mol. The molecule has 0 spiro atoms. The number of hydrogen-bond acceptors (Lipinski definition) is 6. The van der Waals surface area contributed by atoms with Crippen molar-refractivity contribution in [2.45, 2.75) is 20.8 Å². The van der Waals surface area contributed by atoms with Crippen molar-refractivity contribution in [3.05, 3.63) is 35.3 Å². The van der Waals surface area contributed by atoms with E-state index in [1.807, 2.05) is 41.9 Å². The fourth-order valence-corrected chi connectivity index (χ4v) is 4.11. The van der Waals surface area contributed by atoms with Crippen molar-refractivity contribution in [2.75, 3.05) is 10.6 Å². The number of thiazole rings is 2. The lowest BCUT2D eigenvalue weighted by Crippen LogP contribution is -2.70. The van der Waals surface area contributed by atoms with Gasteiger partial charge in [-0.2, -0.15) is 4.98 Å². The summed E-state index contributed by atoms with van der Waals surface area (Å²) in [5.41, 5.74) is 3.46. The number of nitrogens with two attached hydrogens (primary N) is 1. The Morgan fingerprint density at radius 1 is 1.04 bits per heavy atom. The van der Waals surface area contributed by atoms with Crippen LogP contribution >= 0.6 is 22.7 Å². The lowest BCUT2D eigenvalue weighted by Gasteiger charge is -2.01. The number of carbonyl (C=O) groups excluding carboxylic acids is 2. The topological polar surface area (TPSA) is 101 Å². The molecule has 0 saturated heterocycles. The fraction of sp³-hybridized carbons (Fsp3) is 0.176. The smallest absolute Gasteiger partial charge is 0.288 e. The van der Waals surface area contributed by atoms with E-state index in [1.54, 1.807) is 11.3 Å². The van der Waals surface area contributed by atoms with Gasteiger partial charge in [0.15, 0.2) is 5.13 Å². The number of carbonyl (C=O) groups is 2. The van der Waals surface area contributed by atoms with Crippen LogP contribution in [0.1, 0.15) is 19.5 Å². The van der Waals surface area contributed by atoms with Crippen molar-refractivity contribution in [3.8, 4) is 10.6 Å². The molecular formula is C17H18N5O2S2+. The highest BCUT2D eigenvalue weighted by Crippen LogP contribution is 2.33. The van der Waals surface area contributed by atoms with E-state index in [2.05, 4.69) is 20.6 Å². The standard InChI is InChI=1S/C17H17N5O2S2/c1-9-15(26-17(18-9)20-11(3)24)14-8-25-16(22-14)21-13-6-4-12(5-7-13)19-10(2)23/h4-8H,1-3H3,(H,19,23)(H,21,22)(H,18,20,24)/p+1. The van der Waals surface area contributed by atoms with Crippen LogP contribution in [0.2, 0.25) is 0 Å². The predicted octanol–water partition coefficient (Wildman–Crippen LogP) is 3.02. The molecule has 0 aliphatic heterocycles. The van der Waals surface area contributed by atoms with Crippen LogP contribution in [0.15, 0.2) is 29.6 Å². The van der Waals surface area contributed by atoms with E-state index >= 15 is 0 Å². The van der Waals surface area contributed by atoms with Crippen LogP contribution in [0.4, 0.5) is 21.6 Å². The van der Waals surface area contributed by atoms with Crippen LogP contribution in [0.3, 0.4) is 0 Å². The Morgan fingerprint density at radius 2 is 1.73 bits per heavy atom. The van der Waals surface area contributed by atoms with Gasteiger partial charge in [0.05, 0.1) is 16.3 Å². The molecule has 2 heterocycles. The number of amides is 2. The summed E-state index contributed by atoms with van der Waals surface area (Å²) in [6.07, 6.45) is 0. The number of rotatable bonds is 5. The van der Waals surface area contributed by atoms with Gasteiger partial charge in [0.25, 0.3) is 5.13 Å². The van der Waals surface area contributed by atoms with Gasteiger partial charge >= 0.3 is 0 Å². The van der Waals surface area contributed by atoms with Gasteiger partial charge in [0.2, 0.25) is 11.8 Å². The van der Waals surface area contributed by atoms with Crippen molar-refractivity contribution < 1.29 is 14.9 Å². The third-order valence-corrected chi connectivity index (χ3v) is 5.24. The molecule has 9 heteroatoms. The molecule has 1 aromatic carbocycles. The summed E-state index contributed by atoms with van der Waals surface area (Å²) >= 11 is 2.96. The first-order valence-electron chi connectivity index (χ1n) is 7.84. The molecule has 0 bridgehead atoms. The Balaban J connectivity index is 1.73. The van der Waals surface area contributed by atoms with Crippen LogP contribution in [0.5, 0.6) is 0 Å². The van der Waals surface area contributed by atoms with Crippen LogP contribution in [0, 0.1) is 6.92 Å². The first kappa shape index (κ1) is 18.2. The summed E-state index contributed by atoms with van der Waals surface area (Å²) in [6, 6.07) is 7.57. The molecule has 134 valence electrons. The minimum atomic E-state index is -0.139. The third kappa shape index (κ3) is 4.51. The second kappa shape index (κ2) is 7.73. The lowest BCUT2D eigenvalue weighted by molar-refractivity contribution is -0.478. The van der Waals surface area contributed by atoms with Crippen molar-refractivity contribution >= 4 is 56.1 Å². The van der Waals surface area contributed by atoms with Crippen molar-refractivity contribution in [3.63, 3.8) is 0 Å². The molecule has 0 aliphatic rings. The molecule has 2 aromatic heterocycles. The van der Waals surface area contributed by atoms with E-state index < -0.39 is 0 Å². The van der Waals surface area contributed by atoms with Crippen molar-refractivity contribution in [1.29, 1.82) is 0 Å². The first-order valence-corrected chi connectivity index (χ1v) is 9.53. The lowest BCUT2D eigenvalue weighted by atomic mass is 10.3. The largest absolute Gasteiger partial charge is 0.326 e. The highest BCUT2D eigenvalue weighted by atomic mass is 32.1. The quantitative estimate of drug-likeness (QED) is 0.585. The Kier molecular flexibility index (Phi) is 5.40. The summed E-state index contributed by atoms with van der Waals surface area (Å²) in [4.78, 5) is 32.2. The van der Waals surface area contributed by atoms with E-state index in [4.69, 9.17) is 0 Å². The van der Waals surface area contributed by atoms with Gasteiger partial charge in [-0.25, -0.2) is 4.98 Å². The molecule has 0 atom stereocenters. The summed E-state index contributed by atoms with van der Waals surface area (Å²) < 4.78 is 0. The second-order valence-electron chi connectivity index (χ2n) is 5.63. The zero-order valence-electron chi connectivity index (χ0n) is 14.5. The van der Waals surface area contributed by atoms with Gasteiger partial charge in [-0.15, -0.1) is 0 Å². The molecular weight excluding hydrogens is 370 g/mol. The molecule has 0 fully saturated rings. The van der Waals surface area contributed by atoms with E-state index in [0.29, 0.717) is 5.13 Å². The van der Waals surface area contributed by atoms with Crippen LogP contribution < -0.4 is 16.0 Å². The van der Waals surface area contributed by atoms with Gasteiger partial charge in [0, 0.05) is 37.0 Å². The second-order valence-corrected chi connectivity index (χ2v) is 7.52. The maximum absolute atomic E-state index is 11.2. The number of anilines is 2. The Bertz CT molecular complexity index is 946. The predicted molar refractivity (Wildman–Crippen MR) is 104 cm³/mol. The van der Waals surface area contributed by atoms with Gasteiger partial charge in [-0.3, -0.25) is 14.9 Å². The number of quaternary nitrogens is 1. The third-order valence-electron chi connectivity index (χ3n) is 3.36. The van der Waals surface area contributed by atoms with Gasteiger partial charge in [-0.05, 0) is 19.1 Å². The van der Waals surface area contributed by atoms with Crippen LogP contribution in [-0.4, -0.2) is 21.8 Å². The minimum absolute atomic E-state index is 0.0927. The van der Waals surface area contributed by atoms with Crippen molar-refractivity contribution in [2.24, 2.45) is 0 Å². The van der Waals surface area contributed by atoms with Gasteiger partial charge in [0.1, 0.15) is 5.69 Å². The molecule has 0 radical (unpaired) electrons. The fourth-order valence-electron chi connectivity index (χ4n) is 2.30. The van der Waals surface area contributed by atoms with Gasteiger partial charge < -0.3 is 10.6 Å². The Labute approximate surface area is 158 Å². The minimum Gasteiger partial charge on any atom is -0.326 e. The number of aromatic nitrogens is 2. The molecule has 0 aliphatic carbocycles. The average Bonchev–Trinajstić information content (AvgIpc) is 3.14. The number of aryl methyl sites for hydroxylation is 1. The highest BCUT2D eigenvalue weighted by Gasteiger charge is 2.15. The van der Waals surface area contributed by atoms with E-state index in [9.17, 15) is 9.59 Å². The van der Waals surface area contributed by atoms with E-state index in [1.165, 1.54) is 25.2 Å². The number of nitrogens with one attached hydrogen (secondary N) is 2. The molecule has 7 nitrogen and oxygen atoms in total. The molecule has 4 N–H and O–H groups in total. The molecule has 3 aromatic rings. The number of benzene rings is 1. The van der Waals surface area contributed by atoms with Crippen LogP contribution in [0.25, 0.3) is 10.6 Å². The molecule has 0 unspecified atom stereocenters. The van der Waals surface area contributed by atoms with E-state index in [0.717, 1.165) is 32.8 Å². The molecule has 26 heavy (non-hydrogen) atoms. The maximum atomic E-state index is 11.2. The Morgan fingerprint density at radius 3 is 2.38 bits per heavy atom. The zero-order chi connectivity index (χ0) is 18.7. The SMILES string of the molecule is CC(=O)Nc1ccc([NH2+]c2nc(-c3sc(NC(C)=O)nc3C)cs2)cc1. The zero-order valence-corrected chi connectivity index (χ0v) is 16.1. The van der Waals surface area contributed by atoms with E-state index in [-0.39, 0.29) is 11.8 Å². The molecule has 0 saturated carbocycles. The first-order chi connectivity index (χ1) is 12.4. The maximum Gasteiger partial charge on any atom is 0.288 e. The summed E-state index contributed by atoms with van der Waals surface area (Å²) in [5, 5.41) is 10.9. The van der Waals surface area contributed by atoms with Gasteiger partial charge in [-0.1, -0.05) is 22.7 Å².